The van der Waals surface area contributed by atoms with Gasteiger partial charge in [-0.15, -0.1) is 0 Å². The lowest BCUT2D eigenvalue weighted by molar-refractivity contribution is -0.139. The lowest BCUT2D eigenvalue weighted by atomic mass is 10.1. The van der Waals surface area contributed by atoms with Crippen LogP contribution in [-0.4, -0.2) is 72.7 Å². The molecule has 3 rings (SSSR count). The van der Waals surface area contributed by atoms with Crippen LogP contribution >= 0.6 is 11.6 Å². The third kappa shape index (κ3) is 7.65. The molecule has 0 spiro atoms. The normalized spacial score (nSPS) is 18.9. The predicted molar refractivity (Wildman–Crippen MR) is 130 cm³/mol. The minimum atomic E-state index is -3.94. The van der Waals surface area contributed by atoms with Crippen molar-refractivity contribution in [1.29, 1.82) is 0 Å². The first kappa shape index (κ1) is 26.9. The van der Waals surface area contributed by atoms with Crippen molar-refractivity contribution >= 4 is 33.3 Å². The van der Waals surface area contributed by atoms with Gasteiger partial charge in [0.25, 0.3) is 5.91 Å². The summed E-state index contributed by atoms with van der Waals surface area (Å²) in [7, 11) is -3.94. The number of ether oxygens (including phenoxy) is 1. The molecule has 35 heavy (non-hydrogen) atoms. The van der Waals surface area contributed by atoms with Crippen LogP contribution < -0.4 is 4.74 Å². The molecule has 1 N–H and O–H groups in total. The summed E-state index contributed by atoms with van der Waals surface area (Å²) in [6.07, 6.45) is 0. The van der Waals surface area contributed by atoms with Crippen LogP contribution in [0.5, 0.6) is 5.75 Å². The summed E-state index contributed by atoms with van der Waals surface area (Å²) in [5.41, 5.74) is 1.18. The van der Waals surface area contributed by atoms with Gasteiger partial charge in [0, 0.05) is 42.3 Å². The van der Waals surface area contributed by atoms with Gasteiger partial charge in [0.05, 0.1) is 5.75 Å². The van der Waals surface area contributed by atoms with Gasteiger partial charge in [-0.3, -0.25) is 14.5 Å². The van der Waals surface area contributed by atoms with Crippen LogP contribution in [0.3, 0.4) is 0 Å². The molecule has 1 fully saturated rings. The standard InChI is InChI=1S/C24H28ClFN2O6S/c1-16-11-28(17(2)10-27(16)12-18-3-6-21(26)7-4-18)23(29)13-34-22-8-5-20(25)9-19(22)14-35(32,33)15-24(30)31/h3-9,16-17H,10-15H2,1-2H3,(H,30,31)/t16-,17+/m0/s1. The first-order valence-electron chi connectivity index (χ1n) is 11.0. The molecule has 0 unspecified atom stereocenters. The minimum Gasteiger partial charge on any atom is -0.483 e. The summed E-state index contributed by atoms with van der Waals surface area (Å²) in [6.45, 7) is 5.40. The second kappa shape index (κ2) is 11.4. The van der Waals surface area contributed by atoms with Gasteiger partial charge < -0.3 is 14.7 Å². The van der Waals surface area contributed by atoms with E-state index in [0.29, 0.717) is 19.6 Å². The number of nitrogens with zero attached hydrogens (tertiary/aromatic N) is 2. The van der Waals surface area contributed by atoms with E-state index < -0.39 is 27.3 Å². The van der Waals surface area contributed by atoms with Crippen molar-refractivity contribution in [3.05, 3.63) is 64.4 Å². The highest BCUT2D eigenvalue weighted by Gasteiger charge is 2.32. The highest BCUT2D eigenvalue weighted by Crippen LogP contribution is 2.26. The number of amides is 1. The molecule has 2 aromatic carbocycles. The number of carbonyl (C=O) groups is 2. The van der Waals surface area contributed by atoms with Crippen molar-refractivity contribution in [3.63, 3.8) is 0 Å². The van der Waals surface area contributed by atoms with Gasteiger partial charge in [0.2, 0.25) is 0 Å². The Labute approximate surface area is 209 Å². The summed E-state index contributed by atoms with van der Waals surface area (Å²) in [4.78, 5) is 27.7. The number of carbonyl (C=O) groups excluding carboxylic acids is 1. The van der Waals surface area contributed by atoms with Crippen molar-refractivity contribution in [3.8, 4) is 5.75 Å². The maximum atomic E-state index is 13.2. The Morgan fingerprint density at radius 1 is 1.11 bits per heavy atom. The van der Waals surface area contributed by atoms with E-state index >= 15 is 0 Å². The summed E-state index contributed by atoms with van der Waals surface area (Å²) in [5.74, 6) is -3.42. The van der Waals surface area contributed by atoms with Gasteiger partial charge in [-0.25, -0.2) is 12.8 Å². The summed E-state index contributed by atoms with van der Waals surface area (Å²) in [5, 5.41) is 9.09. The van der Waals surface area contributed by atoms with Gasteiger partial charge in [-0.1, -0.05) is 23.7 Å². The number of halogens is 2. The van der Waals surface area contributed by atoms with E-state index in [9.17, 15) is 22.4 Å². The quantitative estimate of drug-likeness (QED) is 0.535. The first-order chi connectivity index (χ1) is 16.4. The monoisotopic (exact) mass is 526 g/mol. The van der Waals surface area contributed by atoms with Crippen molar-refractivity contribution < 1.29 is 32.2 Å². The third-order valence-electron chi connectivity index (χ3n) is 5.83. The maximum absolute atomic E-state index is 13.2. The number of hydrogen-bond donors (Lipinski definition) is 1. The first-order valence-corrected chi connectivity index (χ1v) is 13.2. The van der Waals surface area contributed by atoms with E-state index in [0.717, 1.165) is 5.56 Å². The molecule has 1 aliphatic heterocycles. The zero-order chi connectivity index (χ0) is 25.8. The predicted octanol–water partition coefficient (Wildman–Crippen LogP) is 2.98. The number of carboxylic acid groups (broad SMARTS) is 1. The topological polar surface area (TPSA) is 104 Å². The Kier molecular flexibility index (Phi) is 8.74. The molecule has 11 heteroatoms. The molecule has 0 aromatic heterocycles. The van der Waals surface area contributed by atoms with Crippen molar-refractivity contribution in [2.24, 2.45) is 0 Å². The van der Waals surface area contributed by atoms with Gasteiger partial charge in [0.15, 0.2) is 16.4 Å². The molecule has 0 saturated carbocycles. The zero-order valence-electron chi connectivity index (χ0n) is 19.5. The highest BCUT2D eigenvalue weighted by molar-refractivity contribution is 7.91. The van der Waals surface area contributed by atoms with Gasteiger partial charge in [0.1, 0.15) is 17.3 Å². The Bertz CT molecular complexity index is 1180. The number of sulfone groups is 1. The smallest absolute Gasteiger partial charge is 0.318 e. The van der Waals surface area contributed by atoms with E-state index in [1.165, 1.54) is 30.3 Å². The van der Waals surface area contributed by atoms with Gasteiger partial charge >= 0.3 is 5.97 Å². The third-order valence-corrected chi connectivity index (χ3v) is 7.50. The Morgan fingerprint density at radius 3 is 2.46 bits per heavy atom. The minimum absolute atomic E-state index is 0.0625. The molecule has 190 valence electrons. The second-order valence-corrected chi connectivity index (χ2v) is 11.3. The van der Waals surface area contributed by atoms with Crippen LogP contribution in [0.1, 0.15) is 25.0 Å². The molecule has 0 radical (unpaired) electrons. The van der Waals surface area contributed by atoms with E-state index in [4.69, 9.17) is 21.4 Å². The van der Waals surface area contributed by atoms with Crippen LogP contribution in [0.2, 0.25) is 5.02 Å². The van der Waals surface area contributed by atoms with Crippen LogP contribution in [-0.2, 0) is 31.7 Å². The molecule has 0 aliphatic carbocycles. The molecule has 2 aromatic rings. The fourth-order valence-corrected chi connectivity index (χ4v) is 5.46. The Hall–Kier alpha value is -2.69. The van der Waals surface area contributed by atoms with Gasteiger partial charge in [-0.05, 0) is 49.7 Å². The van der Waals surface area contributed by atoms with Crippen LogP contribution in [0.4, 0.5) is 4.39 Å². The zero-order valence-corrected chi connectivity index (χ0v) is 21.1. The number of piperazine rings is 1. The van der Waals surface area contributed by atoms with E-state index in [1.54, 1.807) is 17.0 Å². The van der Waals surface area contributed by atoms with Crippen molar-refractivity contribution in [2.75, 3.05) is 25.4 Å². The molecule has 8 nitrogen and oxygen atoms in total. The van der Waals surface area contributed by atoms with E-state index in [2.05, 4.69) is 4.90 Å². The number of rotatable bonds is 9. The molecule has 1 amide bonds. The number of carboxylic acids is 1. The molecule has 1 heterocycles. The lowest BCUT2D eigenvalue weighted by Crippen LogP contribution is -2.58. The fourth-order valence-electron chi connectivity index (χ4n) is 4.09. The largest absolute Gasteiger partial charge is 0.483 e. The summed E-state index contributed by atoms with van der Waals surface area (Å²) < 4.78 is 43.1. The SMILES string of the molecule is C[C@@H]1CN(Cc2ccc(F)cc2)[C@@H](C)CN1C(=O)COc1ccc(Cl)cc1CS(=O)(=O)CC(=O)O. The van der Waals surface area contributed by atoms with Crippen LogP contribution in [0, 0.1) is 5.82 Å². The number of aliphatic carboxylic acids is 1. The summed E-state index contributed by atoms with van der Waals surface area (Å²) in [6, 6.07) is 10.7. The second-order valence-electron chi connectivity index (χ2n) is 8.77. The van der Waals surface area contributed by atoms with E-state index in [1.807, 2.05) is 13.8 Å². The van der Waals surface area contributed by atoms with Crippen molar-refractivity contribution in [2.45, 2.75) is 38.2 Å². The molecule has 1 aliphatic rings. The molecule has 0 bridgehead atoms. The van der Waals surface area contributed by atoms with Crippen LogP contribution in [0.15, 0.2) is 42.5 Å². The van der Waals surface area contributed by atoms with E-state index in [-0.39, 0.29) is 46.8 Å². The summed E-state index contributed by atoms with van der Waals surface area (Å²) >= 11 is 5.99. The highest BCUT2D eigenvalue weighted by atomic mass is 35.5. The Balaban J connectivity index is 1.62. The molecular weight excluding hydrogens is 499 g/mol. The number of benzene rings is 2. The average Bonchev–Trinajstić information content (AvgIpc) is 2.75. The Morgan fingerprint density at radius 2 is 1.80 bits per heavy atom. The average molecular weight is 527 g/mol. The number of hydrogen-bond acceptors (Lipinski definition) is 6. The maximum Gasteiger partial charge on any atom is 0.318 e. The lowest BCUT2D eigenvalue weighted by Gasteiger charge is -2.44. The molecule has 2 atom stereocenters. The fraction of sp³-hybridized carbons (Fsp3) is 0.417. The molecule has 1 saturated heterocycles. The molecular formula is C24H28ClFN2O6S. The van der Waals surface area contributed by atoms with Crippen LogP contribution in [0.25, 0.3) is 0 Å². The van der Waals surface area contributed by atoms with Gasteiger partial charge in [-0.2, -0.15) is 0 Å². The van der Waals surface area contributed by atoms with Crippen molar-refractivity contribution in [1.82, 2.24) is 9.80 Å².